The molecular weight excluding hydrogens is 336 g/mol. The third-order valence-electron chi connectivity index (χ3n) is 5.15. The lowest BCUT2D eigenvalue weighted by molar-refractivity contribution is -0.117. The fourth-order valence-corrected chi connectivity index (χ4v) is 3.44. The van der Waals surface area contributed by atoms with E-state index in [9.17, 15) is 4.79 Å². The van der Waals surface area contributed by atoms with Crippen LogP contribution in [0.3, 0.4) is 0 Å². The second-order valence-corrected chi connectivity index (χ2v) is 6.85. The molecule has 0 saturated carbocycles. The van der Waals surface area contributed by atoms with Gasteiger partial charge in [0, 0.05) is 24.1 Å². The third-order valence-corrected chi connectivity index (χ3v) is 5.15. The summed E-state index contributed by atoms with van der Waals surface area (Å²) in [6.45, 7) is 1.94. The zero-order valence-electron chi connectivity index (χ0n) is 15.7. The van der Waals surface area contributed by atoms with Crippen LogP contribution in [0.2, 0.25) is 0 Å². The van der Waals surface area contributed by atoms with Gasteiger partial charge >= 0.3 is 0 Å². The second-order valence-electron chi connectivity index (χ2n) is 6.85. The first-order valence-corrected chi connectivity index (χ1v) is 8.99. The molecule has 0 spiro atoms. The van der Waals surface area contributed by atoms with Gasteiger partial charge in [0.05, 0.1) is 18.7 Å². The van der Waals surface area contributed by atoms with Crippen LogP contribution in [-0.2, 0) is 11.8 Å². The highest BCUT2D eigenvalue weighted by atomic mass is 16.5. The first-order valence-electron chi connectivity index (χ1n) is 8.99. The molecule has 0 aliphatic rings. The van der Waals surface area contributed by atoms with Crippen molar-refractivity contribution in [1.29, 1.82) is 0 Å². The number of methoxy groups -OCH3 is 1. The molecular formula is C23H22N2O2. The van der Waals surface area contributed by atoms with Crippen LogP contribution in [0.1, 0.15) is 18.4 Å². The summed E-state index contributed by atoms with van der Waals surface area (Å²) in [4.78, 5) is 12.9. The summed E-state index contributed by atoms with van der Waals surface area (Å²) < 4.78 is 7.32. The molecule has 3 aromatic carbocycles. The number of hydrogen-bond acceptors (Lipinski definition) is 2. The Morgan fingerprint density at radius 1 is 1.04 bits per heavy atom. The quantitative estimate of drug-likeness (QED) is 0.553. The number of nitrogens with zero attached hydrogens (tertiary/aromatic N) is 1. The zero-order chi connectivity index (χ0) is 19.0. The fraction of sp³-hybridized carbons (Fsp3) is 0.174. The van der Waals surface area contributed by atoms with Crippen molar-refractivity contribution in [1.82, 2.24) is 4.57 Å². The number of nitrogens with one attached hydrogen (secondary N) is 1. The van der Waals surface area contributed by atoms with Gasteiger partial charge in [0.1, 0.15) is 5.75 Å². The van der Waals surface area contributed by atoms with Crippen molar-refractivity contribution in [3.63, 3.8) is 0 Å². The minimum Gasteiger partial charge on any atom is -0.497 e. The lowest BCUT2D eigenvalue weighted by Crippen LogP contribution is -2.19. The average molecular weight is 358 g/mol. The Morgan fingerprint density at radius 2 is 1.81 bits per heavy atom. The monoisotopic (exact) mass is 358 g/mol. The van der Waals surface area contributed by atoms with Crippen LogP contribution >= 0.6 is 0 Å². The highest BCUT2D eigenvalue weighted by Crippen LogP contribution is 2.28. The molecule has 0 unspecified atom stereocenters. The zero-order valence-corrected chi connectivity index (χ0v) is 15.7. The summed E-state index contributed by atoms with van der Waals surface area (Å²) >= 11 is 0. The molecule has 1 aromatic heterocycles. The van der Waals surface area contributed by atoms with Crippen LogP contribution in [0.15, 0.2) is 66.9 Å². The topological polar surface area (TPSA) is 43.3 Å². The van der Waals surface area contributed by atoms with Crippen molar-refractivity contribution < 1.29 is 9.53 Å². The number of ether oxygens (including phenoxy) is 1. The number of carbonyl (C=O) groups excluding carboxylic acids is 1. The third kappa shape index (κ3) is 3.14. The SMILES string of the molecule is COc1ccc2cc([C@H](C)C(=O)Nc3cccc4c3ccn4C)ccc2c1. The van der Waals surface area contributed by atoms with Gasteiger partial charge in [0.25, 0.3) is 0 Å². The molecule has 0 radical (unpaired) electrons. The van der Waals surface area contributed by atoms with Crippen molar-refractivity contribution in [2.45, 2.75) is 12.8 Å². The molecule has 0 fully saturated rings. The van der Waals surface area contributed by atoms with E-state index in [0.717, 1.165) is 38.7 Å². The largest absolute Gasteiger partial charge is 0.497 e. The van der Waals surface area contributed by atoms with Crippen LogP contribution in [0.25, 0.3) is 21.7 Å². The van der Waals surface area contributed by atoms with Gasteiger partial charge < -0.3 is 14.6 Å². The summed E-state index contributed by atoms with van der Waals surface area (Å²) in [6, 6.07) is 20.1. The Hall–Kier alpha value is -3.27. The minimum absolute atomic E-state index is 0.0146. The van der Waals surface area contributed by atoms with Crippen LogP contribution in [0, 0.1) is 0 Å². The van der Waals surface area contributed by atoms with Crippen LogP contribution in [-0.4, -0.2) is 17.6 Å². The molecule has 4 aromatic rings. The molecule has 0 aliphatic heterocycles. The molecule has 0 bridgehead atoms. The van der Waals surface area contributed by atoms with E-state index in [1.54, 1.807) is 7.11 Å². The molecule has 136 valence electrons. The van der Waals surface area contributed by atoms with Crippen LogP contribution in [0.4, 0.5) is 5.69 Å². The number of anilines is 1. The minimum atomic E-state index is -0.254. The van der Waals surface area contributed by atoms with Crippen molar-refractivity contribution >= 4 is 33.3 Å². The Bertz CT molecular complexity index is 1140. The molecule has 4 rings (SSSR count). The molecule has 1 heterocycles. The predicted octanol–water partition coefficient (Wildman–Crippen LogP) is 5.08. The van der Waals surface area contributed by atoms with Gasteiger partial charge in [-0.3, -0.25) is 4.79 Å². The Labute approximate surface area is 158 Å². The smallest absolute Gasteiger partial charge is 0.231 e. The lowest BCUT2D eigenvalue weighted by atomic mass is 9.97. The molecule has 0 aliphatic carbocycles. The highest BCUT2D eigenvalue weighted by molar-refractivity contribution is 6.03. The van der Waals surface area contributed by atoms with Gasteiger partial charge in [-0.05, 0) is 53.6 Å². The normalized spacial score (nSPS) is 12.3. The van der Waals surface area contributed by atoms with E-state index >= 15 is 0 Å². The van der Waals surface area contributed by atoms with E-state index in [-0.39, 0.29) is 11.8 Å². The molecule has 1 amide bonds. The van der Waals surface area contributed by atoms with E-state index in [4.69, 9.17) is 4.74 Å². The maximum absolute atomic E-state index is 12.9. The number of aromatic nitrogens is 1. The Balaban J connectivity index is 1.60. The van der Waals surface area contributed by atoms with Crippen molar-refractivity contribution in [3.8, 4) is 5.75 Å². The van der Waals surface area contributed by atoms with Crippen LogP contribution < -0.4 is 10.1 Å². The van der Waals surface area contributed by atoms with Crippen molar-refractivity contribution in [2.75, 3.05) is 12.4 Å². The number of rotatable bonds is 4. The maximum Gasteiger partial charge on any atom is 0.231 e. The van der Waals surface area contributed by atoms with E-state index in [2.05, 4.69) is 11.4 Å². The number of amides is 1. The lowest BCUT2D eigenvalue weighted by Gasteiger charge is -2.14. The molecule has 4 heteroatoms. The summed E-state index contributed by atoms with van der Waals surface area (Å²) in [5.41, 5.74) is 2.93. The number of fused-ring (bicyclic) bond motifs is 2. The van der Waals surface area contributed by atoms with Gasteiger partial charge in [-0.1, -0.05) is 30.3 Å². The number of hydrogen-bond donors (Lipinski definition) is 1. The van der Waals surface area contributed by atoms with Gasteiger partial charge in [-0.15, -0.1) is 0 Å². The van der Waals surface area contributed by atoms with E-state index in [1.807, 2.05) is 79.3 Å². The first-order chi connectivity index (χ1) is 13.1. The summed E-state index contributed by atoms with van der Waals surface area (Å²) in [5, 5.41) is 6.33. The molecule has 27 heavy (non-hydrogen) atoms. The summed E-state index contributed by atoms with van der Waals surface area (Å²) in [6.07, 6.45) is 2.00. The van der Waals surface area contributed by atoms with E-state index < -0.39 is 0 Å². The summed E-state index contributed by atoms with van der Waals surface area (Å²) in [7, 11) is 3.66. The fourth-order valence-electron chi connectivity index (χ4n) is 3.44. The predicted molar refractivity (Wildman–Crippen MR) is 110 cm³/mol. The van der Waals surface area contributed by atoms with Crippen LogP contribution in [0.5, 0.6) is 5.75 Å². The average Bonchev–Trinajstić information content (AvgIpc) is 3.08. The van der Waals surface area contributed by atoms with Crippen molar-refractivity contribution in [2.24, 2.45) is 7.05 Å². The number of carbonyl (C=O) groups is 1. The number of aryl methyl sites for hydroxylation is 1. The Morgan fingerprint density at radius 3 is 2.63 bits per heavy atom. The molecule has 4 nitrogen and oxygen atoms in total. The molecule has 0 saturated heterocycles. The van der Waals surface area contributed by atoms with Gasteiger partial charge in [-0.25, -0.2) is 0 Å². The standard InChI is InChI=1S/C23H22N2O2/c1-15(16-7-8-18-14-19(27-3)10-9-17(18)13-16)23(26)24-21-5-4-6-22-20(21)11-12-25(22)2/h4-15H,1-3H3,(H,24,26)/t15-/m0/s1. The Kier molecular flexibility index (Phi) is 4.32. The van der Waals surface area contributed by atoms with Crippen molar-refractivity contribution in [3.05, 3.63) is 72.4 Å². The van der Waals surface area contributed by atoms with E-state index in [1.165, 1.54) is 0 Å². The second kappa shape index (κ2) is 6.80. The molecule has 1 N–H and O–H groups in total. The summed E-state index contributed by atoms with van der Waals surface area (Å²) in [5.74, 6) is 0.562. The first kappa shape index (κ1) is 17.2. The highest BCUT2D eigenvalue weighted by Gasteiger charge is 2.17. The van der Waals surface area contributed by atoms with Gasteiger partial charge in [0.15, 0.2) is 0 Å². The maximum atomic E-state index is 12.9. The van der Waals surface area contributed by atoms with E-state index in [0.29, 0.717) is 0 Å². The van der Waals surface area contributed by atoms with Gasteiger partial charge in [0.2, 0.25) is 5.91 Å². The number of benzene rings is 3. The van der Waals surface area contributed by atoms with Gasteiger partial charge in [-0.2, -0.15) is 0 Å². The molecule has 1 atom stereocenters.